The first kappa shape index (κ1) is 13.4. The lowest BCUT2D eigenvalue weighted by molar-refractivity contribution is 0.182. The Morgan fingerprint density at radius 2 is 2.33 bits per heavy atom. The third kappa shape index (κ3) is 3.47. The third-order valence-corrected chi connectivity index (χ3v) is 3.39. The Bertz CT molecular complexity index is 390. The largest absolute Gasteiger partial charge is 0.493 e. The topological polar surface area (TPSA) is 41.5 Å². The number of nitrogens with one attached hydrogen (secondary N) is 1. The van der Waals surface area contributed by atoms with E-state index in [0.717, 1.165) is 38.2 Å². The minimum Gasteiger partial charge on any atom is -0.493 e. The molecular weight excluding hydrogens is 226 g/mol. The molecule has 2 N–H and O–H groups in total. The van der Waals surface area contributed by atoms with Crippen molar-refractivity contribution in [3.63, 3.8) is 0 Å². The van der Waals surface area contributed by atoms with Crippen LogP contribution in [0.4, 0.5) is 0 Å². The van der Waals surface area contributed by atoms with Gasteiger partial charge in [-0.05, 0) is 45.7 Å². The van der Waals surface area contributed by atoms with Crippen molar-refractivity contribution in [3.05, 3.63) is 29.3 Å². The molecule has 0 fully saturated rings. The summed E-state index contributed by atoms with van der Waals surface area (Å²) >= 11 is 0. The summed E-state index contributed by atoms with van der Waals surface area (Å²) in [5.74, 6) is 1.01. The number of fused-ring (bicyclic) bond motifs is 1. The van der Waals surface area contributed by atoms with Gasteiger partial charge in [-0.2, -0.15) is 0 Å². The molecule has 1 heterocycles. The van der Waals surface area contributed by atoms with Crippen LogP contribution < -0.4 is 10.1 Å². The predicted octanol–water partition coefficient (Wildman–Crippen LogP) is 2.57. The Kier molecular flexibility index (Phi) is 4.61. The second kappa shape index (κ2) is 6.21. The molecular formula is C15H23NO2. The number of aliphatic hydroxyl groups is 1. The predicted molar refractivity (Wildman–Crippen MR) is 72.9 cm³/mol. The molecule has 0 saturated carbocycles. The maximum absolute atomic E-state index is 9.31. The minimum atomic E-state index is -0.239. The first-order valence-corrected chi connectivity index (χ1v) is 6.81. The van der Waals surface area contributed by atoms with E-state index in [9.17, 15) is 5.11 Å². The van der Waals surface area contributed by atoms with Gasteiger partial charge >= 0.3 is 0 Å². The first-order chi connectivity index (χ1) is 8.66. The molecule has 100 valence electrons. The van der Waals surface area contributed by atoms with Crippen molar-refractivity contribution in [2.24, 2.45) is 0 Å². The van der Waals surface area contributed by atoms with E-state index in [4.69, 9.17) is 4.74 Å². The van der Waals surface area contributed by atoms with E-state index >= 15 is 0 Å². The molecule has 0 spiro atoms. The normalized spacial score (nSPS) is 20.7. The van der Waals surface area contributed by atoms with Crippen molar-refractivity contribution in [2.45, 2.75) is 45.3 Å². The van der Waals surface area contributed by atoms with Gasteiger partial charge in [-0.25, -0.2) is 0 Å². The van der Waals surface area contributed by atoms with E-state index in [-0.39, 0.29) is 6.10 Å². The second-order valence-corrected chi connectivity index (χ2v) is 5.18. The summed E-state index contributed by atoms with van der Waals surface area (Å²) in [4.78, 5) is 0. The molecule has 2 unspecified atom stereocenters. The van der Waals surface area contributed by atoms with Crippen LogP contribution in [0.2, 0.25) is 0 Å². The molecule has 0 aliphatic carbocycles. The third-order valence-electron chi connectivity index (χ3n) is 3.39. The Morgan fingerprint density at radius 3 is 3.11 bits per heavy atom. The van der Waals surface area contributed by atoms with Gasteiger partial charge < -0.3 is 15.2 Å². The molecule has 0 radical (unpaired) electrons. The maximum Gasteiger partial charge on any atom is 0.124 e. The van der Waals surface area contributed by atoms with Crippen LogP contribution in [0.15, 0.2) is 18.2 Å². The standard InChI is InChI=1S/C15H23NO2/c1-11-5-6-15-13(10-11)14(4-3-9-18-15)16-8-7-12(2)17/h5-6,10,12,14,16-17H,3-4,7-9H2,1-2H3. The minimum absolute atomic E-state index is 0.239. The van der Waals surface area contributed by atoms with Crippen molar-refractivity contribution < 1.29 is 9.84 Å². The molecule has 3 nitrogen and oxygen atoms in total. The summed E-state index contributed by atoms with van der Waals surface area (Å²) in [6, 6.07) is 6.72. The Balaban J connectivity index is 2.08. The highest BCUT2D eigenvalue weighted by Crippen LogP contribution is 2.32. The molecule has 0 bridgehead atoms. The first-order valence-electron chi connectivity index (χ1n) is 6.81. The highest BCUT2D eigenvalue weighted by molar-refractivity contribution is 5.39. The van der Waals surface area contributed by atoms with Gasteiger partial charge in [0.05, 0.1) is 12.7 Å². The number of rotatable bonds is 4. The molecule has 1 aliphatic rings. The van der Waals surface area contributed by atoms with Gasteiger partial charge in [-0.1, -0.05) is 17.7 Å². The van der Waals surface area contributed by atoms with Gasteiger partial charge in [0.2, 0.25) is 0 Å². The van der Waals surface area contributed by atoms with Crippen LogP contribution in [0.3, 0.4) is 0 Å². The van der Waals surface area contributed by atoms with Crippen molar-refractivity contribution in [1.82, 2.24) is 5.32 Å². The van der Waals surface area contributed by atoms with Gasteiger partial charge in [0.25, 0.3) is 0 Å². The highest BCUT2D eigenvalue weighted by Gasteiger charge is 2.19. The fourth-order valence-corrected chi connectivity index (χ4v) is 2.38. The zero-order valence-electron chi connectivity index (χ0n) is 11.3. The van der Waals surface area contributed by atoms with Gasteiger partial charge in [0.1, 0.15) is 5.75 Å². The molecule has 18 heavy (non-hydrogen) atoms. The van der Waals surface area contributed by atoms with Crippen LogP contribution in [0, 0.1) is 6.92 Å². The zero-order chi connectivity index (χ0) is 13.0. The molecule has 1 aliphatic heterocycles. The Labute approximate surface area is 109 Å². The summed E-state index contributed by atoms with van der Waals surface area (Å²) < 4.78 is 5.77. The molecule has 1 aromatic rings. The highest BCUT2D eigenvalue weighted by atomic mass is 16.5. The molecule has 0 amide bonds. The molecule has 2 atom stereocenters. The quantitative estimate of drug-likeness (QED) is 0.861. The van der Waals surface area contributed by atoms with Gasteiger partial charge in [-0.3, -0.25) is 0 Å². The van der Waals surface area contributed by atoms with Crippen molar-refractivity contribution >= 4 is 0 Å². The number of ether oxygens (including phenoxy) is 1. The van der Waals surface area contributed by atoms with E-state index in [2.05, 4.69) is 30.4 Å². The zero-order valence-corrected chi connectivity index (χ0v) is 11.3. The Hall–Kier alpha value is -1.06. The lowest BCUT2D eigenvalue weighted by Crippen LogP contribution is -2.24. The fraction of sp³-hybridized carbons (Fsp3) is 0.600. The summed E-state index contributed by atoms with van der Waals surface area (Å²) in [6.45, 7) is 5.58. The van der Waals surface area contributed by atoms with Crippen LogP contribution in [-0.4, -0.2) is 24.4 Å². The summed E-state index contributed by atoms with van der Waals surface area (Å²) in [5, 5.41) is 12.8. The van der Waals surface area contributed by atoms with Crippen LogP contribution in [0.1, 0.15) is 43.4 Å². The number of aliphatic hydroxyl groups excluding tert-OH is 1. The van der Waals surface area contributed by atoms with Crippen LogP contribution in [0.5, 0.6) is 5.75 Å². The Morgan fingerprint density at radius 1 is 1.50 bits per heavy atom. The molecule has 1 aromatic carbocycles. The summed E-state index contributed by atoms with van der Waals surface area (Å²) in [6.07, 6.45) is 2.71. The average molecular weight is 249 g/mol. The smallest absolute Gasteiger partial charge is 0.124 e. The number of aryl methyl sites for hydroxylation is 1. The van der Waals surface area contributed by atoms with Gasteiger partial charge in [-0.15, -0.1) is 0 Å². The molecule has 3 heteroatoms. The van der Waals surface area contributed by atoms with Crippen molar-refractivity contribution in [1.29, 1.82) is 0 Å². The monoisotopic (exact) mass is 249 g/mol. The molecule has 0 saturated heterocycles. The summed E-state index contributed by atoms with van der Waals surface area (Å²) in [5.41, 5.74) is 2.53. The second-order valence-electron chi connectivity index (χ2n) is 5.18. The van der Waals surface area contributed by atoms with Gasteiger partial charge in [0, 0.05) is 11.6 Å². The van der Waals surface area contributed by atoms with Crippen molar-refractivity contribution in [3.8, 4) is 5.75 Å². The summed E-state index contributed by atoms with van der Waals surface area (Å²) in [7, 11) is 0. The maximum atomic E-state index is 9.31. The lowest BCUT2D eigenvalue weighted by Gasteiger charge is -2.19. The van der Waals surface area contributed by atoms with Gasteiger partial charge in [0.15, 0.2) is 0 Å². The molecule has 2 rings (SSSR count). The van der Waals surface area contributed by atoms with Crippen LogP contribution in [-0.2, 0) is 0 Å². The SMILES string of the molecule is Cc1ccc2c(c1)C(NCCC(C)O)CCCO2. The van der Waals surface area contributed by atoms with E-state index in [1.807, 2.05) is 6.92 Å². The molecule has 0 aromatic heterocycles. The van der Waals surface area contributed by atoms with Crippen LogP contribution >= 0.6 is 0 Å². The van der Waals surface area contributed by atoms with E-state index in [0.29, 0.717) is 6.04 Å². The van der Waals surface area contributed by atoms with Crippen LogP contribution in [0.25, 0.3) is 0 Å². The average Bonchev–Trinajstić information content (AvgIpc) is 2.51. The number of hydrogen-bond acceptors (Lipinski definition) is 3. The lowest BCUT2D eigenvalue weighted by atomic mass is 10.00. The fourth-order valence-electron chi connectivity index (χ4n) is 2.38. The van der Waals surface area contributed by atoms with E-state index in [1.165, 1.54) is 11.1 Å². The van der Waals surface area contributed by atoms with E-state index in [1.54, 1.807) is 0 Å². The number of benzene rings is 1. The van der Waals surface area contributed by atoms with Crippen molar-refractivity contribution in [2.75, 3.05) is 13.2 Å². The number of hydrogen-bond donors (Lipinski definition) is 2. The van der Waals surface area contributed by atoms with E-state index < -0.39 is 0 Å².